The second-order valence-electron chi connectivity index (χ2n) is 4.80. The summed E-state index contributed by atoms with van der Waals surface area (Å²) in [6, 6.07) is 9.85. The molecule has 0 aliphatic rings. The molecule has 0 aliphatic heterocycles. The molecule has 7 heteroatoms. The van der Waals surface area contributed by atoms with Crippen LogP contribution >= 0.6 is 45.2 Å². The molecule has 1 N–H and O–H groups in total. The van der Waals surface area contributed by atoms with Crippen molar-refractivity contribution >= 4 is 51.4 Å². The maximum atomic E-state index is 5.36. The number of nitrogens with zero attached hydrogens (tertiary/aromatic N) is 1. The van der Waals surface area contributed by atoms with E-state index in [1.807, 2.05) is 30.3 Å². The fourth-order valence-corrected chi connectivity index (χ4v) is 4.35. The Bertz CT molecular complexity index is 713. The summed E-state index contributed by atoms with van der Waals surface area (Å²) in [4.78, 5) is 0. The van der Waals surface area contributed by atoms with Gasteiger partial charge in [0.05, 0.1) is 41.2 Å². The number of halogens is 2. The second kappa shape index (κ2) is 9.30. The van der Waals surface area contributed by atoms with Crippen LogP contribution in [0.1, 0.15) is 11.1 Å². The van der Waals surface area contributed by atoms with Gasteiger partial charge in [0.2, 0.25) is 0 Å². The fraction of sp³-hybridized carbons (Fsp3) is 0.235. The largest absolute Gasteiger partial charge is 0.495 e. The van der Waals surface area contributed by atoms with Gasteiger partial charge in [0.1, 0.15) is 5.75 Å². The first-order chi connectivity index (χ1) is 11.6. The second-order valence-corrected chi connectivity index (χ2v) is 7.12. The number of hydrogen-bond donors (Lipinski definition) is 1. The third-order valence-electron chi connectivity index (χ3n) is 3.26. The molecule has 0 bridgehead atoms. The van der Waals surface area contributed by atoms with E-state index in [0.29, 0.717) is 18.0 Å². The number of rotatable bonds is 7. The van der Waals surface area contributed by atoms with Gasteiger partial charge in [0, 0.05) is 0 Å². The zero-order chi connectivity index (χ0) is 17.5. The van der Waals surface area contributed by atoms with Gasteiger partial charge < -0.3 is 19.6 Å². The van der Waals surface area contributed by atoms with Crippen LogP contribution in [-0.2, 0) is 6.54 Å². The first kappa shape index (κ1) is 19.1. The maximum absolute atomic E-state index is 5.36. The van der Waals surface area contributed by atoms with Gasteiger partial charge in [-0.3, -0.25) is 0 Å². The molecule has 0 atom stereocenters. The Labute approximate surface area is 169 Å². The molecule has 2 aromatic rings. The monoisotopic (exact) mass is 552 g/mol. The smallest absolute Gasteiger partial charge is 0.161 e. The molecular weight excluding hydrogens is 534 g/mol. The van der Waals surface area contributed by atoms with Crippen LogP contribution in [-0.4, -0.2) is 27.5 Å². The molecule has 0 spiro atoms. The average Bonchev–Trinajstić information content (AvgIpc) is 2.58. The lowest BCUT2D eigenvalue weighted by atomic mass is 10.2. The van der Waals surface area contributed by atoms with E-state index in [2.05, 4.69) is 55.7 Å². The average molecular weight is 552 g/mol. The number of benzene rings is 2. The summed E-state index contributed by atoms with van der Waals surface area (Å²) in [6.45, 7) is 0.598. The molecule has 0 radical (unpaired) electrons. The van der Waals surface area contributed by atoms with Crippen LogP contribution in [0.25, 0.3) is 0 Å². The van der Waals surface area contributed by atoms with Gasteiger partial charge in [-0.1, -0.05) is 6.07 Å². The van der Waals surface area contributed by atoms with Crippen LogP contribution in [0.3, 0.4) is 0 Å². The lowest BCUT2D eigenvalue weighted by molar-refractivity contribution is 0.354. The topological polar surface area (TPSA) is 52.1 Å². The van der Waals surface area contributed by atoms with Crippen LogP contribution in [0.5, 0.6) is 17.2 Å². The summed E-state index contributed by atoms with van der Waals surface area (Å²) < 4.78 is 18.0. The van der Waals surface area contributed by atoms with Crippen LogP contribution in [0.4, 0.5) is 0 Å². The van der Waals surface area contributed by atoms with Crippen molar-refractivity contribution in [3.05, 3.63) is 48.6 Å². The highest BCUT2D eigenvalue weighted by Crippen LogP contribution is 2.28. The van der Waals surface area contributed by atoms with E-state index in [4.69, 9.17) is 14.2 Å². The molecule has 0 amide bonds. The minimum Gasteiger partial charge on any atom is -0.495 e. The lowest BCUT2D eigenvalue weighted by Crippen LogP contribution is -2.06. The predicted octanol–water partition coefficient (Wildman–Crippen LogP) is 4.05. The molecule has 0 heterocycles. The lowest BCUT2D eigenvalue weighted by Gasteiger charge is -2.09. The molecule has 0 unspecified atom stereocenters. The molecule has 2 aromatic carbocycles. The Morgan fingerprint density at radius 1 is 0.958 bits per heavy atom. The van der Waals surface area contributed by atoms with Crippen LogP contribution in [0.2, 0.25) is 0 Å². The molecule has 0 aromatic heterocycles. The van der Waals surface area contributed by atoms with E-state index in [9.17, 15) is 0 Å². The highest BCUT2D eigenvalue weighted by molar-refractivity contribution is 14.1. The van der Waals surface area contributed by atoms with Crippen molar-refractivity contribution in [2.75, 3.05) is 21.3 Å². The van der Waals surface area contributed by atoms with Crippen LogP contribution < -0.4 is 19.6 Å². The maximum Gasteiger partial charge on any atom is 0.161 e. The summed E-state index contributed by atoms with van der Waals surface area (Å²) >= 11 is 4.52. The van der Waals surface area contributed by atoms with E-state index >= 15 is 0 Å². The zero-order valence-corrected chi connectivity index (χ0v) is 17.9. The van der Waals surface area contributed by atoms with Gasteiger partial charge in [-0.15, -0.1) is 0 Å². The van der Waals surface area contributed by atoms with Crippen LogP contribution in [0, 0.1) is 7.14 Å². The highest BCUT2D eigenvalue weighted by atomic mass is 127. The molecule has 5 nitrogen and oxygen atoms in total. The van der Waals surface area contributed by atoms with E-state index in [1.54, 1.807) is 27.5 Å². The summed E-state index contributed by atoms with van der Waals surface area (Å²) in [7, 11) is 4.93. The Hall–Kier alpha value is -1.23. The molecule has 2 rings (SSSR count). The number of nitrogens with one attached hydrogen (secondary N) is 1. The van der Waals surface area contributed by atoms with E-state index < -0.39 is 0 Å². The van der Waals surface area contributed by atoms with Crippen molar-refractivity contribution in [3.8, 4) is 17.2 Å². The summed E-state index contributed by atoms with van der Waals surface area (Å²) in [5, 5.41) is 4.28. The van der Waals surface area contributed by atoms with Gasteiger partial charge in [0.25, 0.3) is 0 Å². The van der Waals surface area contributed by atoms with Gasteiger partial charge in [-0.05, 0) is 80.6 Å². The number of methoxy groups -OCH3 is 3. The standard InChI is InChI=1S/C17H18I2N2O3/c1-22-15-5-4-11(8-16(15)23-2)9-20-21-10-12-6-13(18)17(24-3)14(19)7-12/h4-8,10,20H,9H2,1-3H3/b21-10+. The third-order valence-corrected chi connectivity index (χ3v) is 4.86. The fourth-order valence-electron chi connectivity index (χ4n) is 2.10. The first-order valence-corrected chi connectivity index (χ1v) is 9.24. The summed E-state index contributed by atoms with van der Waals surface area (Å²) in [5.41, 5.74) is 5.12. The Kier molecular flexibility index (Phi) is 7.40. The summed E-state index contributed by atoms with van der Waals surface area (Å²) in [5.74, 6) is 2.32. The van der Waals surface area contributed by atoms with E-state index in [1.165, 1.54) is 0 Å². The number of ether oxygens (including phenoxy) is 3. The van der Waals surface area contributed by atoms with Crippen molar-refractivity contribution < 1.29 is 14.2 Å². The van der Waals surface area contributed by atoms with Crippen molar-refractivity contribution in [2.24, 2.45) is 5.10 Å². The summed E-state index contributed by atoms with van der Waals surface area (Å²) in [6.07, 6.45) is 1.80. The van der Waals surface area contributed by atoms with Gasteiger partial charge in [-0.2, -0.15) is 5.10 Å². The van der Waals surface area contributed by atoms with Gasteiger partial charge >= 0.3 is 0 Å². The molecule has 0 fully saturated rings. The van der Waals surface area contributed by atoms with Crippen molar-refractivity contribution in [1.29, 1.82) is 0 Å². The number of hydrazone groups is 1. The van der Waals surface area contributed by atoms with E-state index in [-0.39, 0.29) is 0 Å². The quantitative estimate of drug-likeness (QED) is 0.320. The SMILES string of the molecule is COc1ccc(CN/N=C/c2cc(I)c(OC)c(I)c2)cc1OC. The zero-order valence-electron chi connectivity index (χ0n) is 13.6. The molecule has 24 heavy (non-hydrogen) atoms. The molecule has 0 aliphatic carbocycles. The molecule has 0 saturated carbocycles. The normalized spacial score (nSPS) is 10.7. The Morgan fingerprint density at radius 2 is 1.62 bits per heavy atom. The highest BCUT2D eigenvalue weighted by Gasteiger charge is 2.06. The van der Waals surface area contributed by atoms with Crippen molar-refractivity contribution in [3.63, 3.8) is 0 Å². The Morgan fingerprint density at radius 3 is 2.21 bits per heavy atom. The number of hydrogen-bond acceptors (Lipinski definition) is 5. The van der Waals surface area contributed by atoms with Crippen molar-refractivity contribution in [1.82, 2.24) is 5.43 Å². The minimum atomic E-state index is 0.598. The van der Waals surface area contributed by atoms with Gasteiger partial charge in [0.15, 0.2) is 11.5 Å². The molecular formula is C17H18I2N2O3. The van der Waals surface area contributed by atoms with Crippen molar-refractivity contribution in [2.45, 2.75) is 6.54 Å². The Balaban J connectivity index is 2.00. The van der Waals surface area contributed by atoms with E-state index in [0.717, 1.165) is 24.0 Å². The van der Waals surface area contributed by atoms with Crippen LogP contribution in [0.15, 0.2) is 35.4 Å². The minimum absolute atomic E-state index is 0.598. The predicted molar refractivity (Wildman–Crippen MR) is 112 cm³/mol. The molecule has 128 valence electrons. The first-order valence-electron chi connectivity index (χ1n) is 7.09. The van der Waals surface area contributed by atoms with Gasteiger partial charge in [-0.25, -0.2) is 0 Å². The third kappa shape index (κ3) is 4.88. The molecule has 0 saturated heterocycles.